The minimum atomic E-state index is -0.429. The summed E-state index contributed by atoms with van der Waals surface area (Å²) < 4.78 is 0.986. The minimum Gasteiger partial charge on any atom is -0.313 e. The predicted octanol–water partition coefficient (Wildman–Crippen LogP) is -0.555. The van der Waals surface area contributed by atoms with Gasteiger partial charge in [-0.2, -0.15) is 0 Å². The number of nitrogens with one attached hydrogen (secondary N) is 1. The van der Waals surface area contributed by atoms with Crippen LogP contribution in [0.4, 0.5) is 0 Å². The van der Waals surface area contributed by atoms with Crippen LogP contribution in [0, 0.1) is 11.8 Å². The fourth-order valence-corrected chi connectivity index (χ4v) is 0.790. The zero-order chi connectivity index (χ0) is 9.14. The van der Waals surface area contributed by atoms with Crippen molar-refractivity contribution < 1.29 is 0 Å². The molecule has 0 unspecified atom stereocenters. The van der Waals surface area contributed by atoms with Gasteiger partial charge in [-0.3, -0.25) is 9.36 Å². The van der Waals surface area contributed by atoms with Gasteiger partial charge in [-0.15, -0.1) is 5.92 Å². The lowest BCUT2D eigenvalue weighted by Crippen LogP contribution is -2.33. The van der Waals surface area contributed by atoms with Crippen LogP contribution in [0.3, 0.4) is 0 Å². The maximum atomic E-state index is 11.2. The third kappa shape index (κ3) is 1.30. The van der Waals surface area contributed by atoms with Crippen molar-refractivity contribution in [1.82, 2.24) is 9.55 Å². The molecule has 0 bridgehead atoms. The van der Waals surface area contributed by atoms with Gasteiger partial charge in [0.05, 0.1) is 0 Å². The van der Waals surface area contributed by atoms with Crippen LogP contribution in [0.25, 0.3) is 0 Å². The summed E-state index contributed by atoms with van der Waals surface area (Å²) in [5.74, 6) is 5.18. The van der Waals surface area contributed by atoms with Crippen LogP contribution in [0.5, 0.6) is 0 Å². The summed E-state index contributed by atoms with van der Waals surface area (Å²) in [7, 11) is 1.40. The maximum Gasteiger partial charge on any atom is 0.328 e. The number of nitrogens with zero attached hydrogens (tertiary/aromatic N) is 1. The molecule has 0 fully saturated rings. The van der Waals surface area contributed by atoms with E-state index >= 15 is 0 Å². The van der Waals surface area contributed by atoms with Crippen LogP contribution in [-0.4, -0.2) is 9.55 Å². The molecule has 4 nitrogen and oxygen atoms in total. The van der Waals surface area contributed by atoms with Crippen molar-refractivity contribution >= 4 is 0 Å². The van der Waals surface area contributed by atoms with E-state index in [1.165, 1.54) is 13.2 Å². The molecule has 4 heteroatoms. The topological polar surface area (TPSA) is 54.9 Å². The van der Waals surface area contributed by atoms with Crippen LogP contribution in [0.15, 0.2) is 15.8 Å². The van der Waals surface area contributed by atoms with Gasteiger partial charge in [0.1, 0.15) is 5.56 Å². The molecule has 0 aromatic carbocycles. The molecule has 0 spiro atoms. The van der Waals surface area contributed by atoms with E-state index in [1.54, 1.807) is 6.92 Å². The highest BCUT2D eigenvalue weighted by molar-refractivity contribution is 5.28. The predicted molar refractivity (Wildman–Crippen MR) is 44.9 cm³/mol. The molecule has 1 N–H and O–H groups in total. The van der Waals surface area contributed by atoms with Gasteiger partial charge >= 0.3 is 5.69 Å². The van der Waals surface area contributed by atoms with Crippen molar-refractivity contribution in [3.63, 3.8) is 0 Å². The first-order chi connectivity index (χ1) is 5.66. The van der Waals surface area contributed by atoms with Crippen LogP contribution in [0.2, 0.25) is 0 Å². The van der Waals surface area contributed by atoms with E-state index < -0.39 is 5.69 Å². The van der Waals surface area contributed by atoms with E-state index in [-0.39, 0.29) is 5.56 Å². The highest BCUT2D eigenvalue weighted by Gasteiger charge is 1.99. The molecular weight excluding hydrogens is 156 g/mol. The summed E-state index contributed by atoms with van der Waals surface area (Å²) in [5.41, 5.74) is -0.491. The standard InChI is InChI=1S/C8H8N2O2/c1-3-4-6-5-9-8(12)10(2)7(6)11/h5H,1-2H3,(H,9,12). The molecule has 1 aromatic heterocycles. The summed E-state index contributed by atoms with van der Waals surface area (Å²) in [4.78, 5) is 24.5. The Morgan fingerprint density at radius 2 is 2.17 bits per heavy atom. The smallest absolute Gasteiger partial charge is 0.313 e. The average Bonchev–Trinajstić information content (AvgIpc) is 2.07. The van der Waals surface area contributed by atoms with Gasteiger partial charge in [0.2, 0.25) is 0 Å². The van der Waals surface area contributed by atoms with Crippen LogP contribution >= 0.6 is 0 Å². The second-order valence-corrected chi connectivity index (χ2v) is 2.25. The maximum absolute atomic E-state index is 11.2. The number of rotatable bonds is 0. The van der Waals surface area contributed by atoms with E-state index in [1.807, 2.05) is 0 Å². The molecule has 0 aliphatic heterocycles. The summed E-state index contributed by atoms with van der Waals surface area (Å²) in [5, 5.41) is 0. The van der Waals surface area contributed by atoms with Crippen molar-refractivity contribution in [3.05, 3.63) is 32.6 Å². The molecule has 0 atom stereocenters. The Balaban J connectivity index is 3.55. The van der Waals surface area contributed by atoms with Crippen molar-refractivity contribution in [2.45, 2.75) is 6.92 Å². The number of aromatic nitrogens is 2. The second kappa shape index (κ2) is 3.09. The highest BCUT2D eigenvalue weighted by atomic mass is 16.2. The van der Waals surface area contributed by atoms with Gasteiger partial charge in [-0.25, -0.2) is 4.79 Å². The molecule has 1 heterocycles. The van der Waals surface area contributed by atoms with E-state index in [9.17, 15) is 9.59 Å². The Morgan fingerprint density at radius 1 is 1.50 bits per heavy atom. The number of hydrogen-bond acceptors (Lipinski definition) is 2. The largest absolute Gasteiger partial charge is 0.328 e. The lowest BCUT2D eigenvalue weighted by molar-refractivity contribution is 0.772. The van der Waals surface area contributed by atoms with E-state index in [4.69, 9.17) is 0 Å². The molecule has 0 saturated carbocycles. The van der Waals surface area contributed by atoms with Gasteiger partial charge in [0.15, 0.2) is 0 Å². The monoisotopic (exact) mass is 164 g/mol. The zero-order valence-corrected chi connectivity index (χ0v) is 6.84. The molecule has 1 aromatic rings. The first-order valence-corrected chi connectivity index (χ1v) is 3.38. The SMILES string of the molecule is CC#Cc1c[nH]c(=O)n(C)c1=O. The quantitative estimate of drug-likeness (QED) is 0.523. The summed E-state index contributed by atoms with van der Waals surface area (Å²) >= 11 is 0. The summed E-state index contributed by atoms with van der Waals surface area (Å²) in [6.07, 6.45) is 1.32. The third-order valence-electron chi connectivity index (χ3n) is 1.44. The lowest BCUT2D eigenvalue weighted by atomic mass is 10.3. The number of aromatic amines is 1. The van der Waals surface area contributed by atoms with Crippen LogP contribution < -0.4 is 11.2 Å². The van der Waals surface area contributed by atoms with Gasteiger partial charge in [0, 0.05) is 13.2 Å². The zero-order valence-electron chi connectivity index (χ0n) is 6.84. The van der Waals surface area contributed by atoms with E-state index in [2.05, 4.69) is 16.8 Å². The molecule has 12 heavy (non-hydrogen) atoms. The Labute approximate surface area is 68.9 Å². The molecule has 0 amide bonds. The van der Waals surface area contributed by atoms with Crippen molar-refractivity contribution in [1.29, 1.82) is 0 Å². The number of hydrogen-bond donors (Lipinski definition) is 1. The normalized spacial score (nSPS) is 8.83. The van der Waals surface area contributed by atoms with Gasteiger partial charge < -0.3 is 4.98 Å². The van der Waals surface area contributed by atoms with Gasteiger partial charge in [-0.1, -0.05) is 5.92 Å². The Bertz CT molecular complexity index is 456. The lowest BCUT2D eigenvalue weighted by Gasteiger charge is -1.94. The van der Waals surface area contributed by atoms with E-state index in [0.29, 0.717) is 5.56 Å². The highest BCUT2D eigenvalue weighted by Crippen LogP contribution is 1.79. The Hall–Kier alpha value is -1.76. The molecule has 62 valence electrons. The Morgan fingerprint density at radius 3 is 2.75 bits per heavy atom. The first-order valence-electron chi connectivity index (χ1n) is 3.38. The van der Waals surface area contributed by atoms with Crippen molar-refractivity contribution in [2.24, 2.45) is 7.05 Å². The summed E-state index contributed by atoms with van der Waals surface area (Å²) in [6, 6.07) is 0. The molecule has 1 rings (SSSR count). The fourth-order valence-electron chi connectivity index (χ4n) is 0.790. The average molecular weight is 164 g/mol. The van der Waals surface area contributed by atoms with Crippen LogP contribution in [-0.2, 0) is 7.05 Å². The van der Waals surface area contributed by atoms with Crippen molar-refractivity contribution in [2.75, 3.05) is 0 Å². The molecule has 0 aliphatic rings. The van der Waals surface area contributed by atoms with Crippen LogP contribution in [0.1, 0.15) is 12.5 Å². The molecule has 0 radical (unpaired) electrons. The molecule has 0 saturated heterocycles. The summed E-state index contributed by atoms with van der Waals surface area (Å²) in [6.45, 7) is 1.63. The van der Waals surface area contributed by atoms with Gasteiger partial charge in [-0.05, 0) is 6.92 Å². The molecule has 0 aliphatic carbocycles. The minimum absolute atomic E-state index is 0.305. The third-order valence-corrected chi connectivity index (χ3v) is 1.44. The first kappa shape index (κ1) is 8.34. The van der Waals surface area contributed by atoms with Gasteiger partial charge in [0.25, 0.3) is 5.56 Å². The second-order valence-electron chi connectivity index (χ2n) is 2.25. The van der Waals surface area contributed by atoms with Crippen molar-refractivity contribution in [3.8, 4) is 11.8 Å². The Kier molecular flexibility index (Phi) is 2.15. The number of H-pyrrole nitrogens is 1. The van der Waals surface area contributed by atoms with E-state index in [0.717, 1.165) is 4.57 Å². The molecular formula is C8H8N2O2. The fraction of sp³-hybridized carbons (Fsp3) is 0.250.